The molecule has 0 aromatic carbocycles. The summed E-state index contributed by atoms with van der Waals surface area (Å²) in [5, 5.41) is 0. The van der Waals surface area contributed by atoms with Crippen LogP contribution >= 0.6 is 31.9 Å². The summed E-state index contributed by atoms with van der Waals surface area (Å²) in [6.07, 6.45) is 2.52. The number of esters is 1. The molecule has 0 fully saturated rings. The van der Waals surface area contributed by atoms with Gasteiger partial charge in [0.25, 0.3) is 0 Å². The predicted octanol–water partition coefficient (Wildman–Crippen LogP) is 3.77. The van der Waals surface area contributed by atoms with Gasteiger partial charge in [0.15, 0.2) is 11.5 Å². The Balaban J connectivity index is 0.000000238. The lowest BCUT2D eigenvalue weighted by atomic mass is 10.4. The van der Waals surface area contributed by atoms with Crippen LogP contribution in [0, 0.1) is 18.6 Å². The second-order valence-corrected chi connectivity index (χ2v) is 6.30. The van der Waals surface area contributed by atoms with Gasteiger partial charge in [-0.05, 0) is 37.9 Å². The van der Waals surface area contributed by atoms with E-state index in [1.165, 1.54) is 19.2 Å². The number of aryl methyl sites for hydroxylation is 2. The van der Waals surface area contributed by atoms with E-state index in [0.717, 1.165) is 11.9 Å². The molecule has 0 bridgehead atoms. The van der Waals surface area contributed by atoms with Crippen molar-refractivity contribution in [2.45, 2.75) is 20.5 Å². The van der Waals surface area contributed by atoms with Crippen molar-refractivity contribution in [3.05, 3.63) is 56.5 Å². The maximum absolute atomic E-state index is 12.7. The average molecular weight is 453 g/mol. The van der Waals surface area contributed by atoms with Gasteiger partial charge in [-0.3, -0.25) is 9.78 Å². The molecule has 0 aliphatic carbocycles. The van der Waals surface area contributed by atoms with Crippen LogP contribution in [0.3, 0.4) is 0 Å². The summed E-state index contributed by atoms with van der Waals surface area (Å²) in [7, 11) is 1.81. The summed E-state index contributed by atoms with van der Waals surface area (Å²) < 4.78 is 32.6. The summed E-state index contributed by atoms with van der Waals surface area (Å²) in [5.74, 6) is -1.05. The number of rotatable bonds is 2. The van der Waals surface area contributed by atoms with Crippen molar-refractivity contribution in [3.63, 3.8) is 0 Å². The molecule has 4 nitrogen and oxygen atoms in total. The van der Waals surface area contributed by atoms with Crippen molar-refractivity contribution in [3.8, 4) is 0 Å². The number of hydrogen-bond donors (Lipinski definition) is 0. The Bertz CT molecular complexity index is 662. The van der Waals surface area contributed by atoms with Crippen LogP contribution in [0.25, 0.3) is 0 Å². The van der Waals surface area contributed by atoms with E-state index >= 15 is 0 Å². The fraction of sp³-hybridized carbons (Fsp3) is 0.267. The third-order valence-electron chi connectivity index (χ3n) is 2.72. The SMILES string of the molecule is CC(=O)OCc1cc(Br)c(F)cn1.Cc1cc(Br)c(F)c[n+]1C. The first-order chi connectivity index (χ1) is 10.7. The van der Waals surface area contributed by atoms with E-state index < -0.39 is 5.82 Å². The molecule has 2 heterocycles. The zero-order valence-corrected chi connectivity index (χ0v) is 15.9. The number of halogens is 4. The summed E-state index contributed by atoms with van der Waals surface area (Å²) >= 11 is 6.09. The third kappa shape index (κ3) is 6.70. The van der Waals surface area contributed by atoms with Crippen LogP contribution in [-0.2, 0) is 23.2 Å². The van der Waals surface area contributed by atoms with Gasteiger partial charge in [0.2, 0.25) is 12.0 Å². The summed E-state index contributed by atoms with van der Waals surface area (Å²) in [6.45, 7) is 3.29. The quantitative estimate of drug-likeness (QED) is 0.514. The number of pyridine rings is 2. The molecule has 124 valence electrons. The molecule has 0 unspecified atom stereocenters. The van der Waals surface area contributed by atoms with E-state index in [1.54, 1.807) is 10.6 Å². The van der Waals surface area contributed by atoms with Crippen molar-refractivity contribution >= 4 is 37.8 Å². The molecule has 8 heteroatoms. The fourth-order valence-electron chi connectivity index (χ4n) is 1.40. The normalized spacial score (nSPS) is 9.87. The molecule has 0 spiro atoms. The molecule has 0 radical (unpaired) electrons. The molecule has 0 N–H and O–H groups in total. The van der Waals surface area contributed by atoms with Crippen LogP contribution in [0.15, 0.2) is 33.5 Å². The van der Waals surface area contributed by atoms with Crippen LogP contribution in [-0.4, -0.2) is 11.0 Å². The van der Waals surface area contributed by atoms with Gasteiger partial charge in [-0.15, -0.1) is 0 Å². The largest absolute Gasteiger partial charge is 0.459 e. The first kappa shape index (κ1) is 19.6. The van der Waals surface area contributed by atoms with E-state index in [2.05, 4.69) is 41.6 Å². The van der Waals surface area contributed by atoms with Crippen molar-refractivity contribution in [2.75, 3.05) is 0 Å². The van der Waals surface area contributed by atoms with Gasteiger partial charge < -0.3 is 4.74 Å². The fourth-order valence-corrected chi connectivity index (χ4v) is 2.20. The first-order valence-corrected chi connectivity index (χ1v) is 8.04. The second kappa shape index (κ2) is 9.02. The highest BCUT2D eigenvalue weighted by atomic mass is 79.9. The minimum atomic E-state index is -0.438. The molecule has 0 aliphatic rings. The minimum absolute atomic E-state index is 0.0637. The van der Waals surface area contributed by atoms with Crippen molar-refractivity contribution in [2.24, 2.45) is 7.05 Å². The van der Waals surface area contributed by atoms with E-state index in [9.17, 15) is 13.6 Å². The van der Waals surface area contributed by atoms with Crippen LogP contribution in [0.2, 0.25) is 0 Å². The van der Waals surface area contributed by atoms with Gasteiger partial charge in [-0.25, -0.2) is 8.96 Å². The second-order valence-electron chi connectivity index (χ2n) is 4.59. The smallest absolute Gasteiger partial charge is 0.303 e. The molecule has 0 saturated carbocycles. The Morgan fingerprint density at radius 2 is 1.87 bits per heavy atom. The Labute approximate surface area is 149 Å². The number of carbonyl (C=O) groups is 1. The van der Waals surface area contributed by atoms with Gasteiger partial charge in [-0.2, -0.15) is 4.39 Å². The Hall–Kier alpha value is -1.41. The Morgan fingerprint density at radius 3 is 2.39 bits per heavy atom. The maximum Gasteiger partial charge on any atom is 0.303 e. The van der Waals surface area contributed by atoms with Gasteiger partial charge in [0.05, 0.1) is 20.8 Å². The van der Waals surface area contributed by atoms with Crippen LogP contribution in [0.4, 0.5) is 8.78 Å². The molecule has 2 aromatic rings. The first-order valence-electron chi connectivity index (χ1n) is 6.45. The number of carbonyl (C=O) groups excluding carboxylic acids is 1. The summed E-state index contributed by atoms with van der Waals surface area (Å²) in [4.78, 5) is 14.2. The standard InChI is InChI=1S/C8H7BrFNO2.C7H8BrFN/c1-5(12)13-4-6-2-7(9)8(10)3-11-6;1-5-3-6(8)7(9)4-10(5)2/h2-3H,4H2,1H3;3-4H,1-2H3/q;+1. The molecule has 0 saturated heterocycles. The Kier molecular flexibility index (Phi) is 7.70. The van der Waals surface area contributed by atoms with E-state index in [4.69, 9.17) is 0 Å². The number of ether oxygens (including phenoxy) is 1. The molecule has 23 heavy (non-hydrogen) atoms. The number of nitrogens with zero attached hydrogens (tertiary/aromatic N) is 2. The molecule has 0 amide bonds. The highest BCUT2D eigenvalue weighted by Gasteiger charge is 2.06. The molecule has 0 atom stereocenters. The van der Waals surface area contributed by atoms with Gasteiger partial charge >= 0.3 is 5.97 Å². The van der Waals surface area contributed by atoms with Crippen molar-refractivity contribution in [1.82, 2.24) is 4.98 Å². The lowest BCUT2D eigenvalue weighted by molar-refractivity contribution is -0.679. The topological polar surface area (TPSA) is 43.1 Å². The molecular weight excluding hydrogens is 438 g/mol. The van der Waals surface area contributed by atoms with E-state index in [-0.39, 0.29) is 18.4 Å². The summed E-state index contributed by atoms with van der Waals surface area (Å²) in [5.41, 5.74) is 1.52. The van der Waals surface area contributed by atoms with Crippen LogP contribution in [0.5, 0.6) is 0 Å². The maximum atomic E-state index is 12.7. The predicted molar refractivity (Wildman–Crippen MR) is 87.4 cm³/mol. The van der Waals surface area contributed by atoms with E-state index in [0.29, 0.717) is 14.6 Å². The average Bonchev–Trinajstić information content (AvgIpc) is 2.47. The molecular formula is C15H15Br2F2N2O2+. The molecule has 0 aliphatic heterocycles. The van der Waals surface area contributed by atoms with Crippen molar-refractivity contribution in [1.29, 1.82) is 0 Å². The number of hydrogen-bond acceptors (Lipinski definition) is 3. The van der Waals surface area contributed by atoms with Crippen LogP contribution < -0.4 is 4.57 Å². The monoisotopic (exact) mass is 451 g/mol. The van der Waals surface area contributed by atoms with Gasteiger partial charge in [0, 0.05) is 19.9 Å². The molecule has 2 aromatic heterocycles. The van der Waals surface area contributed by atoms with Gasteiger partial charge in [-0.1, -0.05) is 0 Å². The highest BCUT2D eigenvalue weighted by molar-refractivity contribution is 9.10. The zero-order chi connectivity index (χ0) is 17.6. The minimum Gasteiger partial charge on any atom is -0.459 e. The Morgan fingerprint density at radius 1 is 1.26 bits per heavy atom. The lowest BCUT2D eigenvalue weighted by Crippen LogP contribution is -2.31. The summed E-state index contributed by atoms with van der Waals surface area (Å²) in [6, 6.07) is 3.22. The van der Waals surface area contributed by atoms with Crippen LogP contribution in [0.1, 0.15) is 18.3 Å². The lowest BCUT2D eigenvalue weighted by Gasteiger charge is -2.01. The molecule has 2 rings (SSSR count). The highest BCUT2D eigenvalue weighted by Crippen LogP contribution is 2.15. The zero-order valence-electron chi connectivity index (χ0n) is 12.7. The van der Waals surface area contributed by atoms with Crippen molar-refractivity contribution < 1.29 is 22.9 Å². The van der Waals surface area contributed by atoms with E-state index in [1.807, 2.05) is 14.0 Å². The third-order valence-corrected chi connectivity index (χ3v) is 3.93. The number of aromatic nitrogens is 2. The van der Waals surface area contributed by atoms with Gasteiger partial charge in [0.1, 0.15) is 13.7 Å².